The topological polar surface area (TPSA) is 71.2 Å². The normalized spacial score (nSPS) is 14.7. The van der Waals surface area contributed by atoms with Crippen LogP contribution in [0.4, 0.5) is 5.69 Å². The van der Waals surface area contributed by atoms with Crippen LogP contribution in [0.25, 0.3) is 21.5 Å². The molecule has 0 unspecified atom stereocenters. The number of carbonyl (C=O) groups is 1. The van der Waals surface area contributed by atoms with Gasteiger partial charge in [-0.2, -0.15) is 0 Å². The number of anilines is 1. The summed E-state index contributed by atoms with van der Waals surface area (Å²) < 4.78 is 1.22. The number of aromatic nitrogens is 1. The van der Waals surface area contributed by atoms with E-state index in [-0.39, 0.29) is 24.2 Å². The van der Waals surface area contributed by atoms with Crippen LogP contribution in [0.3, 0.4) is 0 Å². The molecule has 28 heavy (non-hydrogen) atoms. The van der Waals surface area contributed by atoms with E-state index in [0.29, 0.717) is 13.1 Å². The molecule has 0 bridgehead atoms. The van der Waals surface area contributed by atoms with Gasteiger partial charge in [-0.15, -0.1) is 23.7 Å². The van der Waals surface area contributed by atoms with Crippen molar-refractivity contribution in [2.75, 3.05) is 31.1 Å². The lowest BCUT2D eigenvalue weighted by atomic mass is 9.95. The standard InChI is InChI=1S/C21H24N4OS.ClH/c22-9-10-23-21(26)16-6-11-25(12-7-16)19-14-18(15-4-2-1-3-5-15)24-17-8-13-27-20(17)19;/h1-5,8,13-14,16H,6-7,9-12,22H2,(H,23,26);1H. The van der Waals surface area contributed by atoms with Crippen molar-refractivity contribution in [3.63, 3.8) is 0 Å². The largest absolute Gasteiger partial charge is 0.370 e. The fourth-order valence-corrected chi connectivity index (χ4v) is 4.53. The number of fused-ring (bicyclic) bond motifs is 1. The number of piperidine rings is 1. The van der Waals surface area contributed by atoms with Crippen LogP contribution in [0.2, 0.25) is 0 Å². The molecule has 5 nitrogen and oxygen atoms in total. The molecule has 0 atom stereocenters. The third kappa shape index (κ3) is 4.29. The Morgan fingerprint density at radius 1 is 1.21 bits per heavy atom. The number of nitrogens with zero attached hydrogens (tertiary/aromatic N) is 2. The second kappa shape index (κ2) is 9.37. The van der Waals surface area contributed by atoms with Gasteiger partial charge in [0.1, 0.15) is 0 Å². The van der Waals surface area contributed by atoms with Crippen LogP contribution in [-0.2, 0) is 4.79 Å². The minimum atomic E-state index is 0. The number of rotatable bonds is 5. The van der Waals surface area contributed by atoms with Crippen molar-refractivity contribution in [3.05, 3.63) is 47.8 Å². The minimum Gasteiger partial charge on any atom is -0.370 e. The van der Waals surface area contributed by atoms with E-state index in [1.807, 2.05) is 18.2 Å². The van der Waals surface area contributed by atoms with Gasteiger partial charge in [0.15, 0.2) is 0 Å². The van der Waals surface area contributed by atoms with E-state index >= 15 is 0 Å². The van der Waals surface area contributed by atoms with Crippen LogP contribution >= 0.6 is 23.7 Å². The van der Waals surface area contributed by atoms with Crippen LogP contribution in [0.5, 0.6) is 0 Å². The number of benzene rings is 1. The molecule has 2 aromatic heterocycles. The molecule has 4 rings (SSSR count). The molecule has 0 spiro atoms. The zero-order valence-electron chi connectivity index (χ0n) is 15.6. The maximum atomic E-state index is 12.2. The Labute approximate surface area is 175 Å². The van der Waals surface area contributed by atoms with Crippen LogP contribution in [0.15, 0.2) is 47.8 Å². The number of halogens is 1. The summed E-state index contributed by atoms with van der Waals surface area (Å²) in [5.41, 5.74) is 9.88. The zero-order chi connectivity index (χ0) is 18.6. The van der Waals surface area contributed by atoms with Gasteiger partial charge in [-0.05, 0) is 30.4 Å². The van der Waals surface area contributed by atoms with Crippen LogP contribution in [0, 0.1) is 5.92 Å². The Balaban J connectivity index is 0.00000225. The molecule has 3 N–H and O–H groups in total. The van der Waals surface area contributed by atoms with Gasteiger partial charge in [0.05, 0.1) is 21.6 Å². The van der Waals surface area contributed by atoms with E-state index in [9.17, 15) is 4.79 Å². The zero-order valence-corrected chi connectivity index (χ0v) is 17.3. The first-order valence-corrected chi connectivity index (χ1v) is 10.3. The monoisotopic (exact) mass is 416 g/mol. The van der Waals surface area contributed by atoms with Crippen molar-refractivity contribution >= 4 is 45.6 Å². The fraction of sp³-hybridized carbons (Fsp3) is 0.333. The van der Waals surface area contributed by atoms with Gasteiger partial charge >= 0.3 is 0 Å². The maximum Gasteiger partial charge on any atom is 0.223 e. The van der Waals surface area contributed by atoms with Crippen molar-refractivity contribution in [2.24, 2.45) is 11.7 Å². The summed E-state index contributed by atoms with van der Waals surface area (Å²) in [6.45, 7) is 2.80. The smallest absolute Gasteiger partial charge is 0.223 e. The first kappa shape index (κ1) is 20.6. The third-order valence-electron chi connectivity index (χ3n) is 5.11. The molecular weight excluding hydrogens is 392 g/mol. The number of hydrogen-bond acceptors (Lipinski definition) is 5. The maximum absolute atomic E-state index is 12.2. The molecule has 7 heteroatoms. The summed E-state index contributed by atoms with van der Waals surface area (Å²) in [5.74, 6) is 0.225. The van der Waals surface area contributed by atoms with Crippen molar-refractivity contribution < 1.29 is 4.79 Å². The lowest BCUT2D eigenvalue weighted by Crippen LogP contribution is -2.41. The molecule has 0 saturated carbocycles. The molecule has 3 aromatic rings. The Morgan fingerprint density at radius 2 is 1.96 bits per heavy atom. The van der Waals surface area contributed by atoms with E-state index < -0.39 is 0 Å². The Hall–Kier alpha value is -2.15. The number of nitrogens with two attached hydrogens (primary N) is 1. The summed E-state index contributed by atoms with van der Waals surface area (Å²) in [6, 6.07) is 14.6. The van der Waals surface area contributed by atoms with Crippen molar-refractivity contribution in [1.29, 1.82) is 0 Å². The van der Waals surface area contributed by atoms with Gasteiger partial charge in [-0.25, -0.2) is 4.98 Å². The Kier molecular flexibility index (Phi) is 6.88. The number of nitrogens with one attached hydrogen (secondary N) is 1. The van der Waals surface area contributed by atoms with Gasteiger partial charge in [-0.1, -0.05) is 30.3 Å². The van der Waals surface area contributed by atoms with Gasteiger partial charge < -0.3 is 16.0 Å². The van der Waals surface area contributed by atoms with E-state index in [1.165, 1.54) is 10.4 Å². The second-order valence-corrected chi connectivity index (χ2v) is 7.78. The van der Waals surface area contributed by atoms with Crippen molar-refractivity contribution in [1.82, 2.24) is 10.3 Å². The van der Waals surface area contributed by atoms with E-state index in [4.69, 9.17) is 10.7 Å². The van der Waals surface area contributed by atoms with Crippen molar-refractivity contribution in [3.8, 4) is 11.3 Å². The van der Waals surface area contributed by atoms with Gasteiger partial charge in [-0.3, -0.25) is 4.79 Å². The summed E-state index contributed by atoms with van der Waals surface area (Å²) in [4.78, 5) is 19.5. The van der Waals surface area contributed by atoms with E-state index in [2.05, 4.69) is 39.9 Å². The number of hydrogen-bond donors (Lipinski definition) is 2. The molecule has 148 valence electrons. The lowest BCUT2D eigenvalue weighted by molar-refractivity contribution is -0.125. The first-order valence-electron chi connectivity index (χ1n) is 9.42. The first-order chi connectivity index (χ1) is 13.3. The van der Waals surface area contributed by atoms with Crippen LogP contribution in [0.1, 0.15) is 12.8 Å². The molecule has 1 aliphatic rings. The highest BCUT2D eigenvalue weighted by Gasteiger charge is 2.26. The van der Waals surface area contributed by atoms with Gasteiger partial charge in [0.25, 0.3) is 0 Å². The van der Waals surface area contributed by atoms with E-state index in [1.54, 1.807) is 11.3 Å². The highest BCUT2D eigenvalue weighted by Crippen LogP contribution is 2.36. The Bertz CT molecular complexity index is 923. The number of thiophene rings is 1. The van der Waals surface area contributed by atoms with Crippen LogP contribution in [-0.4, -0.2) is 37.1 Å². The van der Waals surface area contributed by atoms with Gasteiger partial charge in [0, 0.05) is 37.7 Å². The molecule has 1 saturated heterocycles. The summed E-state index contributed by atoms with van der Waals surface area (Å²) in [7, 11) is 0. The SMILES string of the molecule is Cl.NCCNC(=O)C1CCN(c2cc(-c3ccccc3)nc3ccsc23)CC1. The minimum absolute atomic E-state index is 0. The number of carbonyl (C=O) groups excluding carboxylic acids is 1. The second-order valence-electron chi connectivity index (χ2n) is 6.87. The quantitative estimate of drug-likeness (QED) is 0.665. The molecule has 1 fully saturated rings. The molecular formula is C21H25ClN4OS. The predicted octanol–water partition coefficient (Wildman–Crippen LogP) is 3.68. The highest BCUT2D eigenvalue weighted by atomic mass is 35.5. The lowest BCUT2D eigenvalue weighted by Gasteiger charge is -2.33. The van der Waals surface area contributed by atoms with Crippen LogP contribution < -0.4 is 16.0 Å². The molecule has 3 heterocycles. The predicted molar refractivity (Wildman–Crippen MR) is 119 cm³/mol. The molecule has 1 aromatic carbocycles. The molecule has 0 radical (unpaired) electrons. The van der Waals surface area contributed by atoms with E-state index in [0.717, 1.165) is 42.7 Å². The number of pyridine rings is 1. The van der Waals surface area contributed by atoms with Gasteiger partial charge in [0.2, 0.25) is 5.91 Å². The summed E-state index contributed by atoms with van der Waals surface area (Å²) >= 11 is 1.73. The average Bonchev–Trinajstić information content (AvgIpc) is 3.21. The summed E-state index contributed by atoms with van der Waals surface area (Å²) in [5, 5.41) is 5.02. The molecule has 1 aliphatic heterocycles. The van der Waals surface area contributed by atoms with Crippen molar-refractivity contribution in [2.45, 2.75) is 12.8 Å². The summed E-state index contributed by atoms with van der Waals surface area (Å²) in [6.07, 6.45) is 1.73. The fourth-order valence-electron chi connectivity index (χ4n) is 3.65. The highest BCUT2D eigenvalue weighted by molar-refractivity contribution is 7.17. The molecule has 0 aliphatic carbocycles. The molecule has 1 amide bonds. The Morgan fingerprint density at radius 3 is 2.68 bits per heavy atom. The number of amides is 1. The third-order valence-corrected chi connectivity index (χ3v) is 6.04. The average molecular weight is 417 g/mol.